The zero-order valence-electron chi connectivity index (χ0n) is 16.7. The summed E-state index contributed by atoms with van der Waals surface area (Å²) in [5.41, 5.74) is 0.753. The molecule has 0 aromatic heterocycles. The Morgan fingerprint density at radius 2 is 1.68 bits per heavy atom. The fraction of sp³-hybridized carbons (Fsp3) is 0.652. The van der Waals surface area contributed by atoms with Gasteiger partial charge in [0.2, 0.25) is 5.91 Å². The normalized spacial score (nSPS) is 36.4. The predicted octanol–water partition coefficient (Wildman–Crippen LogP) is 3.85. The van der Waals surface area contributed by atoms with Gasteiger partial charge in [0.05, 0.1) is 18.1 Å². The molecule has 0 radical (unpaired) electrons. The fourth-order valence-electron chi connectivity index (χ4n) is 6.83. The molecule has 1 aromatic carbocycles. The molecule has 3 amide bonds. The van der Waals surface area contributed by atoms with Crippen molar-refractivity contribution in [2.75, 3.05) is 26.8 Å². The van der Waals surface area contributed by atoms with Crippen LogP contribution in [0.15, 0.2) is 30.3 Å². The summed E-state index contributed by atoms with van der Waals surface area (Å²) in [6, 6.07) is 9.72. The van der Waals surface area contributed by atoms with Crippen molar-refractivity contribution < 1.29 is 14.3 Å². The fourth-order valence-corrected chi connectivity index (χ4v) is 6.83. The zero-order chi connectivity index (χ0) is 19.3. The van der Waals surface area contributed by atoms with E-state index in [2.05, 4.69) is 0 Å². The number of hydrogen-bond acceptors (Lipinski definition) is 3. The topological polar surface area (TPSA) is 49.9 Å². The summed E-state index contributed by atoms with van der Waals surface area (Å²) in [5, 5.41) is 0. The lowest BCUT2D eigenvalue weighted by Gasteiger charge is -2.56. The van der Waals surface area contributed by atoms with Gasteiger partial charge < -0.3 is 9.64 Å². The van der Waals surface area contributed by atoms with Gasteiger partial charge in [0.15, 0.2) is 0 Å². The van der Waals surface area contributed by atoms with E-state index in [9.17, 15) is 9.59 Å². The minimum absolute atomic E-state index is 0.102. The highest BCUT2D eigenvalue weighted by Crippen LogP contribution is 2.61. The average Bonchev–Trinajstić information content (AvgIpc) is 3.01. The number of hydrogen-bond donors (Lipinski definition) is 0. The van der Waals surface area contributed by atoms with Crippen molar-refractivity contribution in [2.24, 2.45) is 23.2 Å². The van der Waals surface area contributed by atoms with Crippen molar-refractivity contribution >= 4 is 11.9 Å². The number of benzene rings is 1. The molecule has 6 rings (SSSR count). The van der Waals surface area contributed by atoms with Gasteiger partial charge in [-0.2, -0.15) is 0 Å². The Bertz CT molecular complexity index is 727. The molecule has 5 nitrogen and oxygen atoms in total. The van der Waals surface area contributed by atoms with Crippen LogP contribution in [0.4, 0.5) is 4.79 Å². The smallest absolute Gasteiger partial charge is 0.327 e. The number of urea groups is 1. The van der Waals surface area contributed by atoms with Crippen molar-refractivity contribution in [3.05, 3.63) is 35.9 Å². The molecule has 1 aliphatic heterocycles. The number of ether oxygens (including phenoxy) is 1. The highest BCUT2D eigenvalue weighted by molar-refractivity contribution is 5.99. The second-order valence-electron chi connectivity index (χ2n) is 9.52. The number of imide groups is 1. The van der Waals surface area contributed by atoms with Crippen molar-refractivity contribution in [3.63, 3.8) is 0 Å². The summed E-state index contributed by atoms with van der Waals surface area (Å²) in [6.45, 7) is 1.58. The van der Waals surface area contributed by atoms with Gasteiger partial charge in [-0.15, -0.1) is 0 Å². The van der Waals surface area contributed by atoms with E-state index >= 15 is 0 Å². The molecule has 1 aromatic rings. The molecule has 4 bridgehead atoms. The zero-order valence-corrected chi connectivity index (χ0v) is 16.7. The molecule has 4 saturated carbocycles. The van der Waals surface area contributed by atoms with E-state index in [0.29, 0.717) is 37.5 Å². The SMILES string of the molecule is COCCN1CC(c2ccccc2)N(C(=O)C23CC4CC(CC(C4)C2)C3)C1=O. The number of carbonyl (C=O) groups is 2. The number of rotatable bonds is 5. The first-order chi connectivity index (χ1) is 13.6. The Morgan fingerprint density at radius 3 is 2.25 bits per heavy atom. The first kappa shape index (κ1) is 18.2. The van der Waals surface area contributed by atoms with E-state index in [4.69, 9.17) is 4.74 Å². The Labute approximate surface area is 167 Å². The van der Waals surface area contributed by atoms with Gasteiger partial charge in [-0.05, 0) is 61.8 Å². The van der Waals surface area contributed by atoms with Crippen molar-refractivity contribution in [2.45, 2.75) is 44.6 Å². The van der Waals surface area contributed by atoms with E-state index in [1.54, 1.807) is 16.9 Å². The van der Waals surface area contributed by atoms with Crippen molar-refractivity contribution in [1.82, 2.24) is 9.80 Å². The maximum atomic E-state index is 14.0. The quantitative estimate of drug-likeness (QED) is 0.777. The monoisotopic (exact) mass is 382 g/mol. The van der Waals surface area contributed by atoms with Gasteiger partial charge in [0, 0.05) is 20.2 Å². The molecule has 1 unspecified atom stereocenters. The number of carbonyl (C=O) groups excluding carboxylic acids is 2. The summed E-state index contributed by atoms with van der Waals surface area (Å²) < 4.78 is 5.19. The van der Waals surface area contributed by atoms with Crippen LogP contribution in [0.2, 0.25) is 0 Å². The van der Waals surface area contributed by atoms with Crippen LogP contribution in [0, 0.1) is 23.2 Å². The lowest BCUT2D eigenvalue weighted by molar-refractivity contribution is -0.155. The highest BCUT2D eigenvalue weighted by Gasteiger charge is 2.58. The van der Waals surface area contributed by atoms with Crippen LogP contribution in [0.25, 0.3) is 0 Å². The van der Waals surface area contributed by atoms with Gasteiger partial charge in [0.25, 0.3) is 0 Å². The second-order valence-corrected chi connectivity index (χ2v) is 9.52. The predicted molar refractivity (Wildman–Crippen MR) is 105 cm³/mol. The molecule has 1 saturated heterocycles. The lowest BCUT2D eigenvalue weighted by atomic mass is 9.49. The summed E-state index contributed by atoms with van der Waals surface area (Å²) in [4.78, 5) is 30.7. The molecule has 0 spiro atoms. The molecule has 1 atom stereocenters. The third kappa shape index (κ3) is 2.86. The van der Waals surface area contributed by atoms with Gasteiger partial charge >= 0.3 is 6.03 Å². The molecular formula is C23H30N2O3. The Balaban J connectivity index is 1.47. The summed E-state index contributed by atoms with van der Waals surface area (Å²) >= 11 is 0. The first-order valence-corrected chi connectivity index (χ1v) is 10.8. The maximum absolute atomic E-state index is 14.0. The Kier molecular flexibility index (Phi) is 4.46. The van der Waals surface area contributed by atoms with E-state index in [0.717, 1.165) is 24.8 Å². The second kappa shape index (κ2) is 6.87. The van der Waals surface area contributed by atoms with Crippen LogP contribution >= 0.6 is 0 Å². The van der Waals surface area contributed by atoms with Gasteiger partial charge in [-0.25, -0.2) is 4.79 Å². The molecule has 5 aliphatic rings. The summed E-state index contributed by atoms with van der Waals surface area (Å²) in [7, 11) is 1.65. The van der Waals surface area contributed by atoms with Gasteiger partial charge in [0.1, 0.15) is 0 Å². The van der Waals surface area contributed by atoms with Gasteiger partial charge in [-0.1, -0.05) is 30.3 Å². The number of amides is 3. The van der Waals surface area contributed by atoms with Crippen LogP contribution < -0.4 is 0 Å². The molecule has 150 valence electrons. The third-order valence-corrected chi connectivity index (χ3v) is 7.64. The van der Waals surface area contributed by atoms with Gasteiger partial charge in [-0.3, -0.25) is 9.69 Å². The first-order valence-electron chi connectivity index (χ1n) is 10.8. The van der Waals surface area contributed by atoms with Crippen molar-refractivity contribution in [3.8, 4) is 0 Å². The van der Waals surface area contributed by atoms with E-state index in [-0.39, 0.29) is 23.4 Å². The third-order valence-electron chi connectivity index (χ3n) is 7.64. The summed E-state index contributed by atoms with van der Waals surface area (Å²) in [6.07, 6.45) is 6.84. The maximum Gasteiger partial charge on any atom is 0.327 e. The molecule has 5 fully saturated rings. The molecule has 1 heterocycles. The minimum Gasteiger partial charge on any atom is -0.383 e. The molecule has 5 heteroatoms. The van der Waals surface area contributed by atoms with Crippen LogP contribution in [-0.2, 0) is 9.53 Å². The largest absolute Gasteiger partial charge is 0.383 e. The molecular weight excluding hydrogens is 352 g/mol. The molecule has 28 heavy (non-hydrogen) atoms. The highest BCUT2D eigenvalue weighted by atomic mass is 16.5. The molecule has 4 aliphatic carbocycles. The number of methoxy groups -OCH3 is 1. The van der Waals surface area contributed by atoms with E-state index in [1.807, 2.05) is 30.3 Å². The van der Waals surface area contributed by atoms with Crippen LogP contribution in [0.5, 0.6) is 0 Å². The molecule has 0 N–H and O–H groups in total. The number of nitrogens with zero attached hydrogens (tertiary/aromatic N) is 2. The summed E-state index contributed by atoms with van der Waals surface area (Å²) in [5.74, 6) is 2.17. The Hall–Kier alpha value is -1.88. The lowest BCUT2D eigenvalue weighted by Crippen LogP contribution is -2.55. The minimum atomic E-state index is -0.297. The van der Waals surface area contributed by atoms with Crippen LogP contribution in [-0.4, -0.2) is 48.5 Å². The van der Waals surface area contributed by atoms with E-state index in [1.165, 1.54) is 19.3 Å². The standard InChI is InChI=1S/C23H30N2O3/c1-28-8-7-24-15-20(19-5-3-2-4-6-19)25(22(24)27)21(26)23-12-16-9-17(13-23)11-18(10-16)14-23/h2-6,16-18,20H,7-15H2,1H3. The van der Waals surface area contributed by atoms with Crippen LogP contribution in [0.1, 0.15) is 50.1 Å². The van der Waals surface area contributed by atoms with E-state index < -0.39 is 0 Å². The Morgan fingerprint density at radius 1 is 1.07 bits per heavy atom. The van der Waals surface area contributed by atoms with Crippen LogP contribution in [0.3, 0.4) is 0 Å². The van der Waals surface area contributed by atoms with Crippen molar-refractivity contribution in [1.29, 1.82) is 0 Å². The average molecular weight is 383 g/mol.